The van der Waals surface area contributed by atoms with Crippen molar-refractivity contribution in [1.82, 2.24) is 10.2 Å². The van der Waals surface area contributed by atoms with Crippen molar-refractivity contribution in [2.75, 3.05) is 6.54 Å². The molecule has 0 aliphatic carbocycles. The maximum atomic E-state index is 12.2. The van der Waals surface area contributed by atoms with Gasteiger partial charge in [0.25, 0.3) is 0 Å². The normalized spacial score (nSPS) is 11.9. The predicted octanol–water partition coefficient (Wildman–Crippen LogP) is 3.65. The van der Waals surface area contributed by atoms with Crippen LogP contribution in [-0.2, 0) is 16.1 Å². The zero-order valence-corrected chi connectivity index (χ0v) is 14.7. The Labute approximate surface area is 141 Å². The number of hydrogen-bond donors (Lipinski definition) is 1. The van der Waals surface area contributed by atoms with E-state index in [1.165, 1.54) is 0 Å². The lowest BCUT2D eigenvalue weighted by Gasteiger charge is -2.28. The van der Waals surface area contributed by atoms with E-state index < -0.39 is 6.04 Å². The van der Waals surface area contributed by atoms with Gasteiger partial charge in [-0.25, -0.2) is 0 Å². The summed E-state index contributed by atoms with van der Waals surface area (Å²) in [6.07, 6.45) is 1.18. The lowest BCUT2D eigenvalue weighted by molar-refractivity contribution is -0.140. The van der Waals surface area contributed by atoms with Gasteiger partial charge in [-0.2, -0.15) is 0 Å². The van der Waals surface area contributed by atoms with Gasteiger partial charge in [0.1, 0.15) is 6.04 Å². The Hall–Kier alpha value is -1.26. The number of carbonyl (C=O) groups excluding carboxylic acids is 2. The number of rotatable bonds is 7. The van der Waals surface area contributed by atoms with E-state index in [1.54, 1.807) is 36.9 Å². The van der Waals surface area contributed by atoms with Crippen LogP contribution in [0.5, 0.6) is 0 Å². The van der Waals surface area contributed by atoms with Gasteiger partial charge < -0.3 is 10.2 Å². The third-order valence-corrected chi connectivity index (χ3v) is 3.96. The predicted molar refractivity (Wildman–Crippen MR) is 90.1 cm³/mol. The molecule has 0 spiro atoms. The van der Waals surface area contributed by atoms with E-state index in [1.807, 2.05) is 6.92 Å². The van der Waals surface area contributed by atoms with E-state index in [4.69, 9.17) is 23.2 Å². The van der Waals surface area contributed by atoms with E-state index in [2.05, 4.69) is 5.32 Å². The number of halogens is 2. The highest BCUT2D eigenvalue weighted by molar-refractivity contribution is 6.35. The van der Waals surface area contributed by atoms with Crippen molar-refractivity contribution >= 4 is 35.0 Å². The monoisotopic (exact) mass is 344 g/mol. The van der Waals surface area contributed by atoms with Gasteiger partial charge in [0.2, 0.25) is 11.8 Å². The van der Waals surface area contributed by atoms with Crippen LogP contribution in [-0.4, -0.2) is 29.3 Å². The first-order valence-corrected chi connectivity index (χ1v) is 8.17. The number of carbonyl (C=O) groups is 2. The number of nitrogens with one attached hydrogen (secondary N) is 1. The molecule has 1 atom stereocenters. The van der Waals surface area contributed by atoms with Crippen LogP contribution in [0.1, 0.15) is 39.2 Å². The molecule has 2 amide bonds. The van der Waals surface area contributed by atoms with Gasteiger partial charge >= 0.3 is 0 Å². The van der Waals surface area contributed by atoms with E-state index >= 15 is 0 Å². The zero-order chi connectivity index (χ0) is 16.7. The minimum Gasteiger partial charge on any atom is -0.354 e. The van der Waals surface area contributed by atoms with Crippen molar-refractivity contribution in [3.8, 4) is 0 Å². The van der Waals surface area contributed by atoms with Gasteiger partial charge in [0, 0.05) is 29.6 Å². The molecule has 1 aromatic carbocycles. The van der Waals surface area contributed by atoms with Crippen LogP contribution >= 0.6 is 23.2 Å². The summed E-state index contributed by atoms with van der Waals surface area (Å²) in [5.74, 6) is -0.251. The van der Waals surface area contributed by atoms with Crippen molar-refractivity contribution in [2.45, 2.75) is 46.2 Å². The molecule has 6 heteroatoms. The number of nitrogens with zero attached hydrogens (tertiary/aromatic N) is 1. The first-order valence-electron chi connectivity index (χ1n) is 7.41. The molecule has 0 aliphatic heterocycles. The third kappa shape index (κ3) is 5.18. The SMILES string of the molecule is CCCNC(=O)[C@@H](C)N(Cc1ccc(Cl)cc1Cl)C(=O)CC. The lowest BCUT2D eigenvalue weighted by atomic mass is 10.1. The van der Waals surface area contributed by atoms with Crippen LogP contribution in [0.25, 0.3) is 0 Å². The fourth-order valence-corrected chi connectivity index (χ4v) is 2.48. The molecule has 1 rings (SSSR count). The Morgan fingerprint density at radius 3 is 2.50 bits per heavy atom. The van der Waals surface area contributed by atoms with Crippen LogP contribution in [0, 0.1) is 0 Å². The first-order chi connectivity index (χ1) is 10.4. The molecule has 22 heavy (non-hydrogen) atoms. The maximum absolute atomic E-state index is 12.2. The maximum Gasteiger partial charge on any atom is 0.242 e. The Kier molecular flexibility index (Phi) is 7.69. The Bertz CT molecular complexity index is 535. The quantitative estimate of drug-likeness (QED) is 0.820. The topological polar surface area (TPSA) is 49.4 Å². The summed E-state index contributed by atoms with van der Waals surface area (Å²) in [6, 6.07) is 4.58. The molecule has 0 radical (unpaired) electrons. The summed E-state index contributed by atoms with van der Waals surface area (Å²) in [7, 11) is 0. The molecule has 0 aliphatic rings. The van der Waals surface area contributed by atoms with Gasteiger partial charge in [0.15, 0.2) is 0 Å². The van der Waals surface area contributed by atoms with Crippen LogP contribution in [0.3, 0.4) is 0 Å². The molecule has 0 aromatic heterocycles. The van der Waals surface area contributed by atoms with Crippen molar-refractivity contribution in [2.24, 2.45) is 0 Å². The average molecular weight is 345 g/mol. The Morgan fingerprint density at radius 1 is 1.27 bits per heavy atom. The summed E-state index contributed by atoms with van der Waals surface area (Å²) in [6.45, 7) is 6.35. The second kappa shape index (κ2) is 9.01. The standard InChI is InChI=1S/C16H22Cl2N2O2/c1-4-8-19-16(22)11(3)20(15(21)5-2)10-12-6-7-13(17)9-14(12)18/h6-7,9,11H,4-5,8,10H2,1-3H3,(H,19,22)/t11-/m1/s1. The van der Waals surface area contributed by atoms with Crippen molar-refractivity contribution in [3.63, 3.8) is 0 Å². The molecule has 0 fully saturated rings. The summed E-state index contributed by atoms with van der Waals surface area (Å²) in [4.78, 5) is 25.9. The molecule has 0 saturated carbocycles. The molecule has 0 bridgehead atoms. The largest absolute Gasteiger partial charge is 0.354 e. The van der Waals surface area contributed by atoms with Crippen molar-refractivity contribution < 1.29 is 9.59 Å². The Morgan fingerprint density at radius 2 is 1.95 bits per heavy atom. The Balaban J connectivity index is 2.93. The number of benzene rings is 1. The molecule has 0 heterocycles. The van der Waals surface area contributed by atoms with Crippen molar-refractivity contribution in [1.29, 1.82) is 0 Å². The molecule has 1 aromatic rings. The van der Waals surface area contributed by atoms with Gasteiger partial charge in [-0.05, 0) is 31.0 Å². The molecule has 1 N–H and O–H groups in total. The van der Waals surface area contributed by atoms with Gasteiger partial charge in [-0.15, -0.1) is 0 Å². The zero-order valence-electron chi connectivity index (χ0n) is 13.2. The highest BCUT2D eigenvalue weighted by Crippen LogP contribution is 2.23. The highest BCUT2D eigenvalue weighted by atomic mass is 35.5. The molecule has 0 unspecified atom stereocenters. The van der Waals surface area contributed by atoms with Crippen LogP contribution < -0.4 is 5.32 Å². The highest BCUT2D eigenvalue weighted by Gasteiger charge is 2.25. The molecular weight excluding hydrogens is 323 g/mol. The smallest absolute Gasteiger partial charge is 0.242 e. The average Bonchev–Trinajstić information content (AvgIpc) is 2.50. The minimum atomic E-state index is -0.550. The fourth-order valence-electron chi connectivity index (χ4n) is 2.02. The summed E-state index contributed by atoms with van der Waals surface area (Å²) in [5, 5.41) is 3.84. The van der Waals surface area contributed by atoms with Crippen molar-refractivity contribution in [3.05, 3.63) is 33.8 Å². The summed E-state index contributed by atoms with van der Waals surface area (Å²) < 4.78 is 0. The first kappa shape index (κ1) is 18.8. The summed E-state index contributed by atoms with van der Waals surface area (Å²) >= 11 is 12.1. The van der Waals surface area contributed by atoms with E-state index in [-0.39, 0.29) is 18.4 Å². The van der Waals surface area contributed by atoms with E-state index in [0.717, 1.165) is 12.0 Å². The van der Waals surface area contributed by atoms with Crippen LogP contribution in [0.2, 0.25) is 10.0 Å². The fraction of sp³-hybridized carbons (Fsp3) is 0.500. The third-order valence-electron chi connectivity index (χ3n) is 3.37. The summed E-state index contributed by atoms with van der Waals surface area (Å²) in [5.41, 5.74) is 0.767. The van der Waals surface area contributed by atoms with E-state index in [0.29, 0.717) is 23.0 Å². The molecular formula is C16H22Cl2N2O2. The number of hydrogen-bond acceptors (Lipinski definition) is 2. The van der Waals surface area contributed by atoms with Gasteiger partial charge in [-0.1, -0.05) is 43.1 Å². The van der Waals surface area contributed by atoms with Crippen LogP contribution in [0.15, 0.2) is 18.2 Å². The van der Waals surface area contributed by atoms with Gasteiger partial charge in [0.05, 0.1) is 0 Å². The lowest BCUT2D eigenvalue weighted by Crippen LogP contribution is -2.47. The van der Waals surface area contributed by atoms with Crippen LogP contribution in [0.4, 0.5) is 0 Å². The molecule has 0 saturated heterocycles. The second-order valence-electron chi connectivity index (χ2n) is 5.08. The molecule has 4 nitrogen and oxygen atoms in total. The van der Waals surface area contributed by atoms with E-state index in [9.17, 15) is 9.59 Å². The molecule has 122 valence electrons. The van der Waals surface area contributed by atoms with Gasteiger partial charge in [-0.3, -0.25) is 9.59 Å². The second-order valence-corrected chi connectivity index (χ2v) is 5.92. The number of amides is 2. The minimum absolute atomic E-state index is 0.0924.